The molecule has 1 amide bonds. The first kappa shape index (κ1) is 14.1. The van der Waals surface area contributed by atoms with Crippen molar-refractivity contribution in [3.05, 3.63) is 29.8 Å². The van der Waals surface area contributed by atoms with E-state index in [1.165, 1.54) is 0 Å². The Morgan fingerprint density at radius 2 is 2.29 bits per heavy atom. The zero-order valence-corrected chi connectivity index (χ0v) is 11.1. The number of amides is 1. The summed E-state index contributed by atoms with van der Waals surface area (Å²) in [6.07, 6.45) is 1.00. The molecular formula is C13H19NO2S. The van der Waals surface area contributed by atoms with Crippen LogP contribution >= 0.6 is 11.8 Å². The lowest BCUT2D eigenvalue weighted by atomic mass is 10.1. The molecule has 0 fully saturated rings. The van der Waals surface area contributed by atoms with Gasteiger partial charge in [-0.3, -0.25) is 4.79 Å². The van der Waals surface area contributed by atoms with Crippen LogP contribution in [0.4, 0.5) is 0 Å². The molecule has 0 aliphatic carbocycles. The normalized spacial score (nSPS) is 12.2. The summed E-state index contributed by atoms with van der Waals surface area (Å²) in [6, 6.07) is 7.88. The number of carbonyl (C=O) groups is 1. The molecule has 1 aromatic rings. The third-order valence-corrected chi connectivity index (χ3v) is 3.52. The molecular weight excluding hydrogens is 234 g/mol. The molecule has 94 valence electrons. The van der Waals surface area contributed by atoms with E-state index >= 15 is 0 Å². The van der Waals surface area contributed by atoms with Crippen molar-refractivity contribution < 1.29 is 9.90 Å². The summed E-state index contributed by atoms with van der Waals surface area (Å²) < 4.78 is 0. The molecule has 0 bridgehead atoms. The van der Waals surface area contributed by atoms with Crippen LogP contribution in [0.2, 0.25) is 0 Å². The number of hydrogen-bond donors (Lipinski definition) is 2. The van der Waals surface area contributed by atoms with E-state index in [1.54, 1.807) is 25.7 Å². The summed E-state index contributed by atoms with van der Waals surface area (Å²) in [6.45, 7) is 1.76. The molecule has 0 heterocycles. The fourth-order valence-electron chi connectivity index (χ4n) is 1.41. The first-order chi connectivity index (χ1) is 8.13. The lowest BCUT2D eigenvalue weighted by molar-refractivity contribution is -0.120. The summed E-state index contributed by atoms with van der Waals surface area (Å²) in [5.41, 5.74) is 0.932. The Kier molecular flexibility index (Phi) is 6.08. The zero-order valence-electron chi connectivity index (χ0n) is 10.3. The fourth-order valence-corrected chi connectivity index (χ4v) is 2.33. The van der Waals surface area contributed by atoms with E-state index in [1.807, 2.05) is 24.3 Å². The molecule has 0 aromatic heterocycles. The highest BCUT2D eigenvalue weighted by Crippen LogP contribution is 2.23. The molecule has 3 nitrogen and oxygen atoms in total. The van der Waals surface area contributed by atoms with Gasteiger partial charge in [0.2, 0.25) is 5.91 Å². The summed E-state index contributed by atoms with van der Waals surface area (Å²) in [5.74, 6) is 1.000. The van der Waals surface area contributed by atoms with E-state index in [4.69, 9.17) is 0 Å². The van der Waals surface area contributed by atoms with Crippen LogP contribution in [0.15, 0.2) is 29.2 Å². The van der Waals surface area contributed by atoms with Crippen molar-refractivity contribution in [1.82, 2.24) is 5.32 Å². The highest BCUT2D eigenvalue weighted by atomic mass is 32.2. The molecule has 1 unspecified atom stereocenters. The number of rotatable bonds is 6. The molecule has 4 heteroatoms. The van der Waals surface area contributed by atoms with E-state index in [0.717, 1.165) is 22.6 Å². The predicted molar refractivity (Wildman–Crippen MR) is 71.1 cm³/mol. The van der Waals surface area contributed by atoms with E-state index in [0.29, 0.717) is 6.42 Å². The average Bonchev–Trinajstić information content (AvgIpc) is 2.34. The highest BCUT2D eigenvalue weighted by Gasteiger charge is 2.02. The Hall–Kier alpha value is -1.00. The van der Waals surface area contributed by atoms with Gasteiger partial charge in [0, 0.05) is 18.4 Å². The summed E-state index contributed by atoms with van der Waals surface area (Å²) >= 11 is 1.71. The van der Waals surface area contributed by atoms with Crippen molar-refractivity contribution in [2.24, 2.45) is 0 Å². The van der Waals surface area contributed by atoms with Gasteiger partial charge in [-0.15, -0.1) is 11.8 Å². The standard InChI is InChI=1S/C13H19NO2S/c1-10(15)11-5-3-6-12(9-11)17-8-4-7-13(16)14-2/h3,5-6,9-10,15H,4,7-8H2,1-2H3,(H,14,16). The van der Waals surface area contributed by atoms with Crippen LogP contribution in [0.5, 0.6) is 0 Å². The van der Waals surface area contributed by atoms with Crippen molar-refractivity contribution in [3.63, 3.8) is 0 Å². The second kappa shape index (κ2) is 7.35. The van der Waals surface area contributed by atoms with Crippen LogP contribution < -0.4 is 5.32 Å². The third kappa shape index (κ3) is 5.24. The Bertz CT molecular complexity index is 366. The van der Waals surface area contributed by atoms with Crippen molar-refractivity contribution in [1.29, 1.82) is 0 Å². The monoisotopic (exact) mass is 253 g/mol. The maximum Gasteiger partial charge on any atom is 0.219 e. The molecule has 0 aliphatic rings. The Labute approximate surface area is 107 Å². The van der Waals surface area contributed by atoms with Crippen LogP contribution in [-0.4, -0.2) is 23.8 Å². The van der Waals surface area contributed by atoms with Crippen LogP contribution in [0.3, 0.4) is 0 Å². The topological polar surface area (TPSA) is 49.3 Å². The van der Waals surface area contributed by atoms with E-state index in [9.17, 15) is 9.90 Å². The molecule has 0 saturated heterocycles. The summed E-state index contributed by atoms with van der Waals surface area (Å²) in [4.78, 5) is 12.2. The minimum atomic E-state index is -0.429. The van der Waals surface area contributed by atoms with Crippen LogP contribution in [0.25, 0.3) is 0 Å². The molecule has 1 aromatic carbocycles. The summed E-state index contributed by atoms with van der Waals surface area (Å²) in [5, 5.41) is 12.1. The molecule has 0 aliphatic heterocycles. The minimum absolute atomic E-state index is 0.0864. The highest BCUT2D eigenvalue weighted by molar-refractivity contribution is 7.99. The second-order valence-electron chi connectivity index (χ2n) is 3.87. The first-order valence-electron chi connectivity index (χ1n) is 5.75. The minimum Gasteiger partial charge on any atom is -0.389 e. The quantitative estimate of drug-likeness (QED) is 0.604. The second-order valence-corrected chi connectivity index (χ2v) is 5.04. The molecule has 1 rings (SSSR count). The molecule has 2 N–H and O–H groups in total. The maximum absolute atomic E-state index is 11.0. The van der Waals surface area contributed by atoms with Gasteiger partial charge in [0.1, 0.15) is 0 Å². The van der Waals surface area contributed by atoms with Crippen LogP contribution in [-0.2, 0) is 4.79 Å². The molecule has 0 saturated carbocycles. The average molecular weight is 253 g/mol. The maximum atomic E-state index is 11.0. The Balaban J connectivity index is 2.36. The van der Waals surface area contributed by atoms with Crippen molar-refractivity contribution in [2.75, 3.05) is 12.8 Å². The van der Waals surface area contributed by atoms with Crippen molar-refractivity contribution >= 4 is 17.7 Å². The fraction of sp³-hybridized carbons (Fsp3) is 0.462. The van der Waals surface area contributed by atoms with Gasteiger partial charge in [-0.05, 0) is 36.8 Å². The van der Waals surface area contributed by atoms with Gasteiger partial charge >= 0.3 is 0 Å². The summed E-state index contributed by atoms with van der Waals surface area (Å²) in [7, 11) is 1.65. The number of aliphatic hydroxyl groups excluding tert-OH is 1. The van der Waals surface area contributed by atoms with Crippen LogP contribution in [0.1, 0.15) is 31.4 Å². The van der Waals surface area contributed by atoms with Gasteiger partial charge in [-0.25, -0.2) is 0 Å². The van der Waals surface area contributed by atoms with Crippen LogP contribution in [0, 0.1) is 0 Å². The first-order valence-corrected chi connectivity index (χ1v) is 6.73. The molecule has 1 atom stereocenters. The van der Waals surface area contributed by atoms with Gasteiger partial charge in [0.05, 0.1) is 6.10 Å². The number of benzene rings is 1. The smallest absolute Gasteiger partial charge is 0.219 e. The van der Waals surface area contributed by atoms with E-state index in [-0.39, 0.29) is 5.91 Å². The van der Waals surface area contributed by atoms with Crippen molar-refractivity contribution in [3.8, 4) is 0 Å². The number of carbonyl (C=O) groups excluding carboxylic acids is 1. The van der Waals surface area contributed by atoms with Gasteiger partial charge in [0.25, 0.3) is 0 Å². The van der Waals surface area contributed by atoms with Crippen molar-refractivity contribution in [2.45, 2.75) is 30.8 Å². The number of thioether (sulfide) groups is 1. The molecule has 0 radical (unpaired) electrons. The Morgan fingerprint density at radius 1 is 1.53 bits per heavy atom. The van der Waals surface area contributed by atoms with Gasteiger partial charge in [-0.1, -0.05) is 12.1 Å². The number of hydrogen-bond acceptors (Lipinski definition) is 3. The van der Waals surface area contributed by atoms with Gasteiger partial charge in [-0.2, -0.15) is 0 Å². The van der Waals surface area contributed by atoms with E-state index < -0.39 is 6.10 Å². The lowest BCUT2D eigenvalue weighted by Crippen LogP contribution is -2.17. The van der Waals surface area contributed by atoms with Gasteiger partial charge in [0.15, 0.2) is 0 Å². The Morgan fingerprint density at radius 3 is 2.94 bits per heavy atom. The lowest BCUT2D eigenvalue weighted by Gasteiger charge is -2.07. The van der Waals surface area contributed by atoms with E-state index in [2.05, 4.69) is 5.32 Å². The molecule has 0 spiro atoms. The SMILES string of the molecule is CNC(=O)CCCSc1cccc(C(C)O)c1. The zero-order chi connectivity index (χ0) is 12.7. The molecule has 17 heavy (non-hydrogen) atoms. The number of aliphatic hydroxyl groups is 1. The number of nitrogens with one attached hydrogen (secondary N) is 1. The van der Waals surface area contributed by atoms with Gasteiger partial charge < -0.3 is 10.4 Å². The third-order valence-electron chi connectivity index (χ3n) is 2.44. The predicted octanol–water partition coefficient (Wildman–Crippen LogP) is 2.36. The largest absolute Gasteiger partial charge is 0.389 e.